The van der Waals surface area contributed by atoms with Gasteiger partial charge in [-0.1, -0.05) is 6.07 Å². The molecule has 0 fully saturated rings. The molecular formula is C13H14N2O3. The Kier molecular flexibility index (Phi) is 3.32. The Bertz CT molecular complexity index is 563. The summed E-state index contributed by atoms with van der Waals surface area (Å²) in [6.07, 6.45) is 1.64. The van der Waals surface area contributed by atoms with Gasteiger partial charge in [-0.15, -0.1) is 0 Å². The highest BCUT2D eigenvalue weighted by atomic mass is 16.4. The molecule has 2 aromatic rings. The molecule has 2 rings (SSSR count). The predicted molar refractivity (Wildman–Crippen MR) is 66.7 cm³/mol. The van der Waals surface area contributed by atoms with Crippen molar-refractivity contribution in [3.8, 4) is 0 Å². The molecule has 18 heavy (non-hydrogen) atoms. The van der Waals surface area contributed by atoms with E-state index in [0.29, 0.717) is 12.4 Å². The molecular weight excluding hydrogens is 232 g/mol. The van der Waals surface area contributed by atoms with Crippen LogP contribution in [0.2, 0.25) is 0 Å². The number of aromatic nitrogens is 1. The largest absolute Gasteiger partial charge is 0.477 e. The van der Waals surface area contributed by atoms with Gasteiger partial charge in [0.25, 0.3) is 0 Å². The van der Waals surface area contributed by atoms with Gasteiger partial charge in [0, 0.05) is 19.2 Å². The maximum Gasteiger partial charge on any atom is 0.354 e. The maximum absolute atomic E-state index is 10.9. The number of hydrogen-bond acceptors (Lipinski definition) is 4. The molecule has 0 aliphatic carbocycles. The number of nitrogens with zero attached hydrogens (tertiary/aromatic N) is 2. The summed E-state index contributed by atoms with van der Waals surface area (Å²) in [5.41, 5.74) is 1.10. The van der Waals surface area contributed by atoms with Crippen molar-refractivity contribution in [2.45, 2.75) is 13.5 Å². The summed E-state index contributed by atoms with van der Waals surface area (Å²) in [4.78, 5) is 16.8. The first kappa shape index (κ1) is 12.2. The minimum absolute atomic E-state index is 0.0447. The summed E-state index contributed by atoms with van der Waals surface area (Å²) in [6, 6.07) is 6.84. The number of anilines is 1. The molecule has 0 saturated heterocycles. The number of aryl methyl sites for hydroxylation is 1. The standard InChI is InChI=1S/C13H14N2O3/c1-9-10(6-7-18-9)8-15(2)12-5-3-4-11(14-12)13(16)17/h3-7H,8H2,1-2H3,(H,16,17). The van der Waals surface area contributed by atoms with Gasteiger partial charge in [0.1, 0.15) is 11.6 Å². The minimum Gasteiger partial charge on any atom is -0.477 e. The normalized spacial score (nSPS) is 10.3. The molecule has 0 radical (unpaired) electrons. The average Bonchev–Trinajstić information content (AvgIpc) is 2.75. The smallest absolute Gasteiger partial charge is 0.354 e. The van der Waals surface area contributed by atoms with E-state index in [9.17, 15) is 4.79 Å². The number of pyridine rings is 1. The van der Waals surface area contributed by atoms with E-state index in [1.54, 1.807) is 18.4 Å². The molecule has 0 bridgehead atoms. The summed E-state index contributed by atoms with van der Waals surface area (Å²) >= 11 is 0. The Labute approximate surface area is 105 Å². The molecule has 0 saturated carbocycles. The highest BCUT2D eigenvalue weighted by molar-refractivity contribution is 5.85. The Balaban J connectivity index is 2.18. The van der Waals surface area contributed by atoms with Crippen LogP contribution in [-0.2, 0) is 6.54 Å². The lowest BCUT2D eigenvalue weighted by Gasteiger charge is -2.17. The molecule has 2 heterocycles. The molecule has 0 amide bonds. The van der Waals surface area contributed by atoms with Crippen LogP contribution in [-0.4, -0.2) is 23.1 Å². The van der Waals surface area contributed by atoms with E-state index in [2.05, 4.69) is 4.98 Å². The molecule has 0 atom stereocenters. The van der Waals surface area contributed by atoms with E-state index in [0.717, 1.165) is 11.3 Å². The molecule has 0 aliphatic heterocycles. The second-order valence-corrected chi connectivity index (χ2v) is 4.04. The molecule has 5 heteroatoms. The Morgan fingerprint density at radius 1 is 1.44 bits per heavy atom. The van der Waals surface area contributed by atoms with Gasteiger partial charge in [-0.25, -0.2) is 9.78 Å². The molecule has 2 aromatic heterocycles. The van der Waals surface area contributed by atoms with Crippen molar-refractivity contribution in [2.24, 2.45) is 0 Å². The van der Waals surface area contributed by atoms with Gasteiger partial charge in [-0.2, -0.15) is 0 Å². The number of carboxylic acid groups (broad SMARTS) is 1. The van der Waals surface area contributed by atoms with Gasteiger partial charge in [0.2, 0.25) is 0 Å². The number of furan rings is 1. The van der Waals surface area contributed by atoms with E-state index in [-0.39, 0.29) is 5.69 Å². The van der Waals surface area contributed by atoms with E-state index >= 15 is 0 Å². The SMILES string of the molecule is Cc1occc1CN(C)c1cccc(C(=O)O)n1. The second-order valence-electron chi connectivity index (χ2n) is 4.04. The fraction of sp³-hybridized carbons (Fsp3) is 0.231. The maximum atomic E-state index is 10.9. The van der Waals surface area contributed by atoms with E-state index in [1.807, 2.05) is 24.9 Å². The third-order valence-corrected chi connectivity index (χ3v) is 2.72. The zero-order valence-corrected chi connectivity index (χ0v) is 10.3. The topological polar surface area (TPSA) is 66.6 Å². The van der Waals surface area contributed by atoms with Crippen LogP contribution in [0.5, 0.6) is 0 Å². The van der Waals surface area contributed by atoms with E-state index in [4.69, 9.17) is 9.52 Å². The minimum atomic E-state index is -1.02. The second kappa shape index (κ2) is 4.91. The first-order valence-electron chi connectivity index (χ1n) is 5.52. The van der Waals surface area contributed by atoms with Crippen LogP contribution in [0.15, 0.2) is 34.9 Å². The van der Waals surface area contributed by atoms with Crippen molar-refractivity contribution in [1.29, 1.82) is 0 Å². The molecule has 0 spiro atoms. The van der Waals surface area contributed by atoms with Crippen LogP contribution < -0.4 is 4.90 Å². The van der Waals surface area contributed by atoms with Crippen molar-refractivity contribution in [3.63, 3.8) is 0 Å². The van der Waals surface area contributed by atoms with Gasteiger partial charge in [0.15, 0.2) is 5.69 Å². The van der Waals surface area contributed by atoms with Gasteiger partial charge in [-0.3, -0.25) is 0 Å². The molecule has 0 unspecified atom stereocenters. The Hall–Kier alpha value is -2.30. The molecule has 5 nitrogen and oxygen atoms in total. The first-order valence-corrected chi connectivity index (χ1v) is 5.52. The average molecular weight is 246 g/mol. The lowest BCUT2D eigenvalue weighted by Crippen LogP contribution is -2.18. The number of carbonyl (C=O) groups is 1. The zero-order chi connectivity index (χ0) is 13.1. The van der Waals surface area contributed by atoms with Crippen LogP contribution in [0.25, 0.3) is 0 Å². The summed E-state index contributed by atoms with van der Waals surface area (Å²) in [7, 11) is 1.86. The van der Waals surface area contributed by atoms with Crippen molar-refractivity contribution < 1.29 is 14.3 Å². The van der Waals surface area contributed by atoms with Gasteiger partial charge >= 0.3 is 5.97 Å². The van der Waals surface area contributed by atoms with Crippen LogP contribution in [0.1, 0.15) is 21.8 Å². The van der Waals surface area contributed by atoms with Crippen molar-refractivity contribution >= 4 is 11.8 Å². The first-order chi connectivity index (χ1) is 8.58. The Morgan fingerprint density at radius 3 is 2.83 bits per heavy atom. The van der Waals surface area contributed by atoms with Crippen LogP contribution in [0.3, 0.4) is 0 Å². The van der Waals surface area contributed by atoms with Crippen LogP contribution in [0, 0.1) is 6.92 Å². The summed E-state index contributed by atoms with van der Waals surface area (Å²) in [5.74, 6) is 0.455. The molecule has 0 aliphatic rings. The summed E-state index contributed by atoms with van der Waals surface area (Å²) in [6.45, 7) is 2.52. The van der Waals surface area contributed by atoms with Crippen molar-refractivity contribution in [3.05, 3.63) is 47.5 Å². The van der Waals surface area contributed by atoms with Gasteiger partial charge in [-0.05, 0) is 25.1 Å². The fourth-order valence-electron chi connectivity index (χ4n) is 1.67. The lowest BCUT2D eigenvalue weighted by atomic mass is 10.2. The van der Waals surface area contributed by atoms with Crippen LogP contribution >= 0.6 is 0 Å². The summed E-state index contributed by atoms with van der Waals surface area (Å²) < 4.78 is 5.22. The van der Waals surface area contributed by atoms with E-state index in [1.165, 1.54) is 6.07 Å². The predicted octanol–water partition coefficient (Wildman–Crippen LogP) is 2.32. The quantitative estimate of drug-likeness (QED) is 0.896. The third-order valence-electron chi connectivity index (χ3n) is 2.72. The fourth-order valence-corrected chi connectivity index (χ4v) is 1.67. The van der Waals surface area contributed by atoms with E-state index < -0.39 is 5.97 Å². The molecule has 0 aromatic carbocycles. The lowest BCUT2D eigenvalue weighted by molar-refractivity contribution is 0.0690. The van der Waals surface area contributed by atoms with Gasteiger partial charge in [0.05, 0.1) is 6.26 Å². The highest BCUT2D eigenvalue weighted by Crippen LogP contribution is 2.16. The van der Waals surface area contributed by atoms with Gasteiger partial charge < -0.3 is 14.4 Å². The third kappa shape index (κ3) is 2.51. The van der Waals surface area contributed by atoms with Crippen LogP contribution in [0.4, 0.5) is 5.82 Å². The zero-order valence-electron chi connectivity index (χ0n) is 10.3. The molecule has 1 N–H and O–H groups in total. The Morgan fingerprint density at radius 2 is 2.22 bits per heavy atom. The number of rotatable bonds is 4. The number of aromatic carboxylic acids is 1. The number of carboxylic acids is 1. The number of hydrogen-bond donors (Lipinski definition) is 1. The molecule has 94 valence electrons. The highest BCUT2D eigenvalue weighted by Gasteiger charge is 2.10. The van der Waals surface area contributed by atoms with Crippen molar-refractivity contribution in [1.82, 2.24) is 4.98 Å². The monoisotopic (exact) mass is 246 g/mol. The summed E-state index contributed by atoms with van der Waals surface area (Å²) in [5, 5.41) is 8.90. The van der Waals surface area contributed by atoms with Crippen molar-refractivity contribution in [2.75, 3.05) is 11.9 Å².